The first-order chi connectivity index (χ1) is 9.94. The molecule has 2 rings (SSSR count). The summed E-state index contributed by atoms with van der Waals surface area (Å²) in [4.78, 5) is 11.4. The van der Waals surface area contributed by atoms with Crippen molar-refractivity contribution in [1.82, 2.24) is 20.3 Å². The van der Waals surface area contributed by atoms with Gasteiger partial charge in [-0.3, -0.25) is 10.1 Å². The largest absolute Gasteiger partial charge is 0.368 e. The smallest absolute Gasteiger partial charge is 0.237 e. The highest BCUT2D eigenvalue weighted by atomic mass is 35.5. The third-order valence-electron chi connectivity index (χ3n) is 3.54. The summed E-state index contributed by atoms with van der Waals surface area (Å²) in [5, 5.41) is 11.9. The molecule has 21 heavy (non-hydrogen) atoms. The lowest BCUT2D eigenvalue weighted by Crippen LogP contribution is -2.52. The summed E-state index contributed by atoms with van der Waals surface area (Å²) in [6, 6.07) is 7.29. The van der Waals surface area contributed by atoms with E-state index in [1.54, 1.807) is 29.9 Å². The van der Waals surface area contributed by atoms with Gasteiger partial charge in [0.15, 0.2) is 0 Å². The van der Waals surface area contributed by atoms with Crippen LogP contribution < -0.4 is 11.1 Å². The van der Waals surface area contributed by atoms with Gasteiger partial charge in [0.1, 0.15) is 0 Å². The van der Waals surface area contributed by atoms with E-state index in [-0.39, 0.29) is 5.91 Å². The highest BCUT2D eigenvalue weighted by Gasteiger charge is 2.28. The van der Waals surface area contributed by atoms with E-state index in [1.165, 1.54) is 0 Å². The second-order valence-electron chi connectivity index (χ2n) is 5.03. The molecule has 6 nitrogen and oxygen atoms in total. The summed E-state index contributed by atoms with van der Waals surface area (Å²) < 4.78 is 1.65. The van der Waals surface area contributed by atoms with Crippen molar-refractivity contribution in [2.45, 2.75) is 32.4 Å². The Hall–Kier alpha value is -1.92. The zero-order chi connectivity index (χ0) is 15.5. The molecule has 0 fully saturated rings. The molecular formula is C14H18ClN5O. The summed E-state index contributed by atoms with van der Waals surface area (Å²) in [6.45, 7) is 4.10. The van der Waals surface area contributed by atoms with E-state index in [1.807, 2.05) is 19.1 Å². The van der Waals surface area contributed by atoms with Gasteiger partial charge >= 0.3 is 0 Å². The maximum atomic E-state index is 11.4. The number of nitrogens with two attached hydrogens (primary N) is 1. The Labute approximate surface area is 128 Å². The van der Waals surface area contributed by atoms with Crippen LogP contribution in [0.25, 0.3) is 5.69 Å². The zero-order valence-electron chi connectivity index (χ0n) is 12.0. The van der Waals surface area contributed by atoms with Crippen LogP contribution in [0.4, 0.5) is 0 Å². The van der Waals surface area contributed by atoms with Gasteiger partial charge in [-0.1, -0.05) is 23.7 Å². The number of nitrogens with zero attached hydrogens (tertiary/aromatic N) is 3. The van der Waals surface area contributed by atoms with Crippen LogP contribution in [0.5, 0.6) is 0 Å². The van der Waals surface area contributed by atoms with Crippen LogP contribution in [-0.4, -0.2) is 26.4 Å². The van der Waals surface area contributed by atoms with Crippen molar-refractivity contribution >= 4 is 17.5 Å². The number of halogens is 1. The molecular weight excluding hydrogens is 290 g/mol. The van der Waals surface area contributed by atoms with Crippen LogP contribution in [0.3, 0.4) is 0 Å². The molecule has 112 valence electrons. The van der Waals surface area contributed by atoms with Crippen LogP contribution >= 0.6 is 11.6 Å². The van der Waals surface area contributed by atoms with Crippen molar-refractivity contribution in [3.05, 3.63) is 41.2 Å². The highest BCUT2D eigenvalue weighted by molar-refractivity contribution is 6.30. The van der Waals surface area contributed by atoms with Crippen molar-refractivity contribution in [1.29, 1.82) is 0 Å². The van der Waals surface area contributed by atoms with Crippen molar-refractivity contribution in [2.75, 3.05) is 0 Å². The van der Waals surface area contributed by atoms with Crippen molar-refractivity contribution in [3.8, 4) is 5.69 Å². The summed E-state index contributed by atoms with van der Waals surface area (Å²) in [5.41, 5.74) is 6.25. The SMILES string of the molecule is CCC(C)(NCc1cn(-c2ccc(Cl)cc2)nn1)C(N)=O. The van der Waals surface area contributed by atoms with Crippen molar-refractivity contribution in [2.24, 2.45) is 5.73 Å². The van der Waals surface area contributed by atoms with E-state index in [2.05, 4.69) is 15.6 Å². The predicted octanol–water partition coefficient (Wildman–Crippen LogP) is 1.66. The van der Waals surface area contributed by atoms with Gasteiger partial charge in [-0.2, -0.15) is 0 Å². The molecule has 1 aromatic heterocycles. The topological polar surface area (TPSA) is 85.8 Å². The molecule has 0 bridgehead atoms. The molecule has 0 aliphatic heterocycles. The standard InChI is InChI=1S/C14H18ClN5O/c1-3-14(2,13(16)21)17-8-11-9-20(19-18-11)12-6-4-10(15)5-7-12/h4-7,9,17H,3,8H2,1-2H3,(H2,16,21). The molecule has 1 atom stereocenters. The third kappa shape index (κ3) is 3.59. The lowest BCUT2D eigenvalue weighted by atomic mass is 9.98. The second-order valence-corrected chi connectivity index (χ2v) is 5.47. The van der Waals surface area contributed by atoms with Gasteiger partial charge in [0.2, 0.25) is 5.91 Å². The first-order valence-corrected chi connectivity index (χ1v) is 7.04. The highest BCUT2D eigenvalue weighted by Crippen LogP contribution is 2.13. The Morgan fingerprint density at radius 1 is 1.43 bits per heavy atom. The van der Waals surface area contributed by atoms with Gasteiger partial charge in [0.25, 0.3) is 0 Å². The van der Waals surface area contributed by atoms with Gasteiger partial charge in [-0.25, -0.2) is 4.68 Å². The average Bonchev–Trinajstić information content (AvgIpc) is 2.94. The molecule has 1 aromatic carbocycles. The monoisotopic (exact) mass is 307 g/mol. The average molecular weight is 308 g/mol. The number of benzene rings is 1. The molecule has 0 aliphatic carbocycles. The van der Waals surface area contributed by atoms with Crippen LogP contribution in [0, 0.1) is 0 Å². The zero-order valence-corrected chi connectivity index (χ0v) is 12.8. The Bertz CT molecular complexity index is 625. The van der Waals surface area contributed by atoms with Crippen molar-refractivity contribution in [3.63, 3.8) is 0 Å². The minimum atomic E-state index is -0.746. The minimum Gasteiger partial charge on any atom is -0.368 e. The molecule has 0 saturated carbocycles. The normalized spacial score (nSPS) is 13.9. The number of hydrogen-bond acceptors (Lipinski definition) is 4. The number of rotatable bonds is 6. The van der Waals surface area contributed by atoms with Crippen LogP contribution in [0.15, 0.2) is 30.5 Å². The fraction of sp³-hybridized carbons (Fsp3) is 0.357. The number of carbonyl (C=O) groups is 1. The molecule has 1 amide bonds. The van der Waals surface area contributed by atoms with Crippen molar-refractivity contribution < 1.29 is 4.79 Å². The van der Waals surface area contributed by atoms with E-state index in [4.69, 9.17) is 17.3 Å². The Kier molecular flexibility index (Phi) is 4.59. The van der Waals surface area contributed by atoms with E-state index in [0.717, 1.165) is 11.4 Å². The summed E-state index contributed by atoms with van der Waals surface area (Å²) in [6.07, 6.45) is 2.40. The van der Waals surface area contributed by atoms with Crippen LogP contribution in [0.2, 0.25) is 5.02 Å². The first kappa shape index (κ1) is 15.5. The van der Waals surface area contributed by atoms with Gasteiger partial charge < -0.3 is 5.73 Å². The fourth-order valence-corrected chi connectivity index (χ4v) is 1.90. The summed E-state index contributed by atoms with van der Waals surface area (Å²) >= 11 is 5.85. The summed E-state index contributed by atoms with van der Waals surface area (Å²) in [7, 11) is 0. The maximum Gasteiger partial charge on any atom is 0.237 e. The van der Waals surface area contributed by atoms with Crippen LogP contribution in [-0.2, 0) is 11.3 Å². The van der Waals surface area contributed by atoms with E-state index < -0.39 is 5.54 Å². The molecule has 1 heterocycles. The second kappa shape index (κ2) is 6.24. The molecule has 7 heteroatoms. The maximum absolute atomic E-state index is 11.4. The number of hydrogen-bond donors (Lipinski definition) is 2. The molecule has 0 saturated heterocycles. The van der Waals surface area contributed by atoms with E-state index >= 15 is 0 Å². The Balaban J connectivity index is 2.07. The van der Waals surface area contributed by atoms with Gasteiger partial charge in [-0.15, -0.1) is 5.10 Å². The predicted molar refractivity (Wildman–Crippen MR) is 81.1 cm³/mol. The third-order valence-corrected chi connectivity index (χ3v) is 3.79. The van der Waals surface area contributed by atoms with E-state index in [9.17, 15) is 4.79 Å². The van der Waals surface area contributed by atoms with Gasteiger partial charge in [0.05, 0.1) is 23.1 Å². The van der Waals surface area contributed by atoms with E-state index in [0.29, 0.717) is 18.0 Å². The lowest BCUT2D eigenvalue weighted by Gasteiger charge is -2.25. The quantitative estimate of drug-likeness (QED) is 0.850. The molecule has 0 aliphatic rings. The number of carbonyl (C=O) groups excluding carboxylic acids is 1. The number of primary amides is 1. The Morgan fingerprint density at radius 2 is 2.10 bits per heavy atom. The number of amides is 1. The summed E-state index contributed by atoms with van der Waals surface area (Å²) in [5.74, 6) is -0.380. The molecule has 1 unspecified atom stereocenters. The van der Waals surface area contributed by atoms with Crippen LogP contribution in [0.1, 0.15) is 26.0 Å². The molecule has 2 aromatic rings. The molecule has 0 spiro atoms. The first-order valence-electron chi connectivity index (χ1n) is 6.67. The number of aromatic nitrogens is 3. The lowest BCUT2D eigenvalue weighted by molar-refractivity contribution is -0.124. The molecule has 0 radical (unpaired) electrons. The minimum absolute atomic E-state index is 0.380. The fourth-order valence-electron chi connectivity index (χ4n) is 1.77. The van der Waals surface area contributed by atoms with Gasteiger partial charge in [0, 0.05) is 11.6 Å². The molecule has 3 N–H and O–H groups in total. The van der Waals surface area contributed by atoms with Gasteiger partial charge in [-0.05, 0) is 37.6 Å². The Morgan fingerprint density at radius 3 is 2.67 bits per heavy atom. The number of nitrogens with one attached hydrogen (secondary N) is 1.